The SMILES string of the molecule is CCCn1ncc(OC)c1C(Cc1cccnc1)NC. The number of pyridine rings is 1. The molecule has 20 heavy (non-hydrogen) atoms. The highest BCUT2D eigenvalue weighted by Crippen LogP contribution is 2.27. The Hall–Kier alpha value is -1.88. The van der Waals surface area contributed by atoms with Crippen molar-refractivity contribution in [2.24, 2.45) is 0 Å². The third kappa shape index (κ3) is 3.17. The Balaban J connectivity index is 2.28. The summed E-state index contributed by atoms with van der Waals surface area (Å²) in [5.74, 6) is 0.835. The van der Waals surface area contributed by atoms with Gasteiger partial charge < -0.3 is 10.1 Å². The smallest absolute Gasteiger partial charge is 0.161 e. The van der Waals surface area contributed by atoms with Crippen LogP contribution in [0.5, 0.6) is 5.75 Å². The fourth-order valence-corrected chi connectivity index (χ4v) is 2.37. The van der Waals surface area contributed by atoms with Crippen LogP contribution in [-0.2, 0) is 13.0 Å². The fraction of sp³-hybridized carbons (Fsp3) is 0.467. The first-order chi connectivity index (χ1) is 9.80. The lowest BCUT2D eigenvalue weighted by Crippen LogP contribution is -2.23. The monoisotopic (exact) mass is 274 g/mol. The zero-order chi connectivity index (χ0) is 14.4. The van der Waals surface area contributed by atoms with Crippen LogP contribution in [0.4, 0.5) is 0 Å². The molecule has 0 saturated carbocycles. The van der Waals surface area contributed by atoms with E-state index in [2.05, 4.69) is 28.4 Å². The minimum atomic E-state index is 0.156. The van der Waals surface area contributed by atoms with Gasteiger partial charge in [-0.25, -0.2) is 0 Å². The number of rotatable bonds is 7. The highest BCUT2D eigenvalue weighted by Gasteiger charge is 2.20. The molecule has 0 aliphatic carbocycles. The second kappa shape index (κ2) is 7.05. The highest BCUT2D eigenvalue weighted by molar-refractivity contribution is 5.30. The van der Waals surface area contributed by atoms with Crippen molar-refractivity contribution in [2.45, 2.75) is 32.4 Å². The van der Waals surface area contributed by atoms with Crippen LogP contribution in [0.25, 0.3) is 0 Å². The van der Waals surface area contributed by atoms with Crippen molar-refractivity contribution in [2.75, 3.05) is 14.2 Å². The normalized spacial score (nSPS) is 12.3. The molecule has 0 aliphatic heterocycles. The number of likely N-dealkylation sites (N-methyl/N-ethyl adjacent to an activating group) is 1. The minimum Gasteiger partial charge on any atom is -0.493 e. The molecule has 2 rings (SSSR count). The number of nitrogens with one attached hydrogen (secondary N) is 1. The van der Waals surface area contributed by atoms with Crippen LogP contribution in [0.2, 0.25) is 0 Å². The van der Waals surface area contributed by atoms with E-state index in [1.54, 1.807) is 19.5 Å². The molecule has 0 saturated heterocycles. The maximum absolute atomic E-state index is 5.45. The Labute approximate surface area is 120 Å². The number of hydrogen-bond acceptors (Lipinski definition) is 4. The summed E-state index contributed by atoms with van der Waals surface area (Å²) in [6, 6.07) is 4.20. The zero-order valence-corrected chi connectivity index (χ0v) is 12.3. The first kappa shape index (κ1) is 14.5. The van der Waals surface area contributed by atoms with Crippen LogP contribution in [0.1, 0.15) is 30.6 Å². The van der Waals surface area contributed by atoms with Gasteiger partial charge in [0.2, 0.25) is 0 Å². The molecule has 2 aromatic heterocycles. The highest BCUT2D eigenvalue weighted by atomic mass is 16.5. The maximum atomic E-state index is 5.45. The lowest BCUT2D eigenvalue weighted by Gasteiger charge is -2.19. The third-order valence-electron chi connectivity index (χ3n) is 3.34. The van der Waals surface area contributed by atoms with Gasteiger partial charge in [-0.05, 0) is 31.5 Å². The molecular weight excluding hydrogens is 252 g/mol. The quantitative estimate of drug-likeness (QED) is 0.841. The van der Waals surface area contributed by atoms with Gasteiger partial charge in [0.05, 0.1) is 25.0 Å². The lowest BCUT2D eigenvalue weighted by molar-refractivity contribution is 0.393. The predicted octanol–water partition coefficient (Wildman–Crippen LogP) is 2.20. The largest absolute Gasteiger partial charge is 0.493 e. The van der Waals surface area contributed by atoms with E-state index in [0.29, 0.717) is 0 Å². The van der Waals surface area contributed by atoms with Crippen molar-refractivity contribution in [1.82, 2.24) is 20.1 Å². The van der Waals surface area contributed by atoms with Crippen molar-refractivity contribution in [1.29, 1.82) is 0 Å². The molecule has 5 heteroatoms. The molecule has 108 valence electrons. The van der Waals surface area contributed by atoms with E-state index in [-0.39, 0.29) is 6.04 Å². The van der Waals surface area contributed by atoms with Gasteiger partial charge in [0.1, 0.15) is 0 Å². The van der Waals surface area contributed by atoms with Gasteiger partial charge >= 0.3 is 0 Å². The molecule has 0 radical (unpaired) electrons. The standard InChI is InChI=1S/C15H22N4O/c1-4-8-19-15(14(20-3)11-18-19)13(16-2)9-12-6-5-7-17-10-12/h5-7,10-11,13,16H,4,8-9H2,1-3H3. The summed E-state index contributed by atoms with van der Waals surface area (Å²) in [5.41, 5.74) is 2.29. The van der Waals surface area contributed by atoms with Gasteiger partial charge in [0.25, 0.3) is 0 Å². The van der Waals surface area contributed by atoms with Crippen LogP contribution in [-0.4, -0.2) is 28.9 Å². The minimum absolute atomic E-state index is 0.156. The number of aryl methyl sites for hydroxylation is 1. The average Bonchev–Trinajstić information content (AvgIpc) is 2.89. The summed E-state index contributed by atoms with van der Waals surface area (Å²) in [6.07, 6.45) is 7.38. The lowest BCUT2D eigenvalue weighted by atomic mass is 10.0. The van der Waals surface area contributed by atoms with Gasteiger partial charge in [0.15, 0.2) is 5.75 Å². The van der Waals surface area contributed by atoms with Crippen molar-refractivity contribution >= 4 is 0 Å². The number of hydrogen-bond donors (Lipinski definition) is 1. The van der Waals surface area contributed by atoms with Crippen LogP contribution < -0.4 is 10.1 Å². The van der Waals surface area contributed by atoms with Gasteiger partial charge in [-0.2, -0.15) is 5.10 Å². The Morgan fingerprint density at radius 1 is 1.40 bits per heavy atom. The number of methoxy groups -OCH3 is 1. The predicted molar refractivity (Wildman–Crippen MR) is 78.8 cm³/mol. The average molecular weight is 274 g/mol. The van der Waals surface area contributed by atoms with E-state index in [0.717, 1.165) is 30.8 Å². The topological polar surface area (TPSA) is 52.0 Å². The summed E-state index contributed by atoms with van der Waals surface area (Å²) < 4.78 is 7.48. The van der Waals surface area contributed by atoms with Gasteiger partial charge in [-0.15, -0.1) is 0 Å². The molecule has 5 nitrogen and oxygen atoms in total. The molecule has 0 spiro atoms. The molecule has 2 aromatic rings. The molecule has 0 bridgehead atoms. The summed E-state index contributed by atoms with van der Waals surface area (Å²) in [4.78, 5) is 4.17. The molecule has 0 fully saturated rings. The van der Waals surface area contributed by atoms with Crippen molar-refractivity contribution in [3.8, 4) is 5.75 Å². The Kier molecular flexibility index (Phi) is 5.12. The van der Waals surface area contributed by atoms with E-state index >= 15 is 0 Å². The number of aromatic nitrogens is 3. The molecule has 1 N–H and O–H groups in total. The second-order valence-electron chi connectivity index (χ2n) is 4.73. The molecule has 1 atom stereocenters. The van der Waals surface area contributed by atoms with Crippen molar-refractivity contribution in [3.63, 3.8) is 0 Å². The summed E-state index contributed by atoms with van der Waals surface area (Å²) >= 11 is 0. The third-order valence-corrected chi connectivity index (χ3v) is 3.34. The van der Waals surface area contributed by atoms with E-state index in [9.17, 15) is 0 Å². The van der Waals surface area contributed by atoms with Gasteiger partial charge in [-0.1, -0.05) is 13.0 Å². The molecule has 2 heterocycles. The van der Waals surface area contributed by atoms with E-state index < -0.39 is 0 Å². The molecule has 0 aliphatic rings. The molecule has 0 amide bonds. The van der Waals surface area contributed by atoms with Gasteiger partial charge in [-0.3, -0.25) is 9.67 Å². The Morgan fingerprint density at radius 3 is 2.85 bits per heavy atom. The molecular formula is C15H22N4O. The van der Waals surface area contributed by atoms with E-state index in [1.807, 2.05) is 24.0 Å². The fourth-order valence-electron chi connectivity index (χ4n) is 2.37. The molecule has 0 aromatic carbocycles. The van der Waals surface area contributed by atoms with E-state index in [1.165, 1.54) is 5.56 Å². The molecule has 1 unspecified atom stereocenters. The first-order valence-corrected chi connectivity index (χ1v) is 6.96. The Bertz CT molecular complexity index is 524. The number of ether oxygens (including phenoxy) is 1. The Morgan fingerprint density at radius 2 is 2.25 bits per heavy atom. The second-order valence-corrected chi connectivity index (χ2v) is 4.73. The van der Waals surface area contributed by atoms with Gasteiger partial charge in [0, 0.05) is 18.9 Å². The van der Waals surface area contributed by atoms with Crippen LogP contribution in [0.3, 0.4) is 0 Å². The van der Waals surface area contributed by atoms with Crippen molar-refractivity contribution in [3.05, 3.63) is 42.0 Å². The first-order valence-electron chi connectivity index (χ1n) is 6.96. The van der Waals surface area contributed by atoms with Crippen LogP contribution in [0.15, 0.2) is 30.7 Å². The summed E-state index contributed by atoms with van der Waals surface area (Å²) in [6.45, 7) is 3.04. The van der Waals surface area contributed by atoms with E-state index in [4.69, 9.17) is 4.74 Å². The summed E-state index contributed by atoms with van der Waals surface area (Å²) in [7, 11) is 3.65. The zero-order valence-electron chi connectivity index (χ0n) is 12.3. The van der Waals surface area contributed by atoms with Crippen molar-refractivity contribution < 1.29 is 4.74 Å². The number of nitrogens with zero attached hydrogens (tertiary/aromatic N) is 3. The van der Waals surface area contributed by atoms with Crippen LogP contribution in [0, 0.1) is 0 Å². The maximum Gasteiger partial charge on any atom is 0.161 e. The summed E-state index contributed by atoms with van der Waals surface area (Å²) in [5, 5.41) is 7.78. The van der Waals surface area contributed by atoms with Crippen LogP contribution >= 0.6 is 0 Å².